The molecular weight excluding hydrogens is 348 g/mol. The minimum absolute atomic E-state index is 0.133. The van der Waals surface area contributed by atoms with Gasteiger partial charge in [-0.05, 0) is 47.0 Å². The Balaban J connectivity index is 1.96. The number of halogens is 2. The number of aromatic nitrogens is 1. The molecule has 1 aromatic heterocycles. The van der Waals surface area contributed by atoms with Gasteiger partial charge in [0.1, 0.15) is 5.15 Å². The summed E-state index contributed by atoms with van der Waals surface area (Å²) in [6.07, 6.45) is 4.85. The molecule has 2 unspecified atom stereocenters. The number of thioether (sulfide) groups is 1. The zero-order valence-electron chi connectivity index (χ0n) is 10.7. The molecule has 0 saturated heterocycles. The van der Waals surface area contributed by atoms with E-state index in [4.69, 9.17) is 11.6 Å². The number of carbonyl (C=O) groups excluding carboxylic acids is 1. The van der Waals surface area contributed by atoms with Crippen molar-refractivity contribution in [1.82, 2.24) is 10.3 Å². The first-order chi connectivity index (χ1) is 9.10. The third kappa shape index (κ3) is 4.10. The SMILES string of the molecule is CCSC1CCC(NC(=O)c2cc(Br)cnc2Cl)C1. The second kappa shape index (κ2) is 6.95. The molecule has 0 aliphatic heterocycles. The van der Waals surface area contributed by atoms with Crippen molar-refractivity contribution in [2.45, 2.75) is 37.5 Å². The summed E-state index contributed by atoms with van der Waals surface area (Å²) in [5, 5.41) is 3.97. The van der Waals surface area contributed by atoms with E-state index >= 15 is 0 Å². The first-order valence-electron chi connectivity index (χ1n) is 6.33. The van der Waals surface area contributed by atoms with Gasteiger partial charge in [-0.3, -0.25) is 4.79 Å². The third-order valence-corrected chi connectivity index (χ3v) is 5.14. The van der Waals surface area contributed by atoms with Gasteiger partial charge in [0.2, 0.25) is 0 Å². The summed E-state index contributed by atoms with van der Waals surface area (Å²) in [6.45, 7) is 2.17. The molecule has 1 heterocycles. The van der Waals surface area contributed by atoms with Crippen molar-refractivity contribution < 1.29 is 4.79 Å². The molecule has 1 saturated carbocycles. The topological polar surface area (TPSA) is 42.0 Å². The van der Waals surface area contributed by atoms with Crippen molar-refractivity contribution in [2.75, 3.05) is 5.75 Å². The van der Waals surface area contributed by atoms with E-state index in [1.54, 1.807) is 12.3 Å². The largest absolute Gasteiger partial charge is 0.349 e. The van der Waals surface area contributed by atoms with Crippen molar-refractivity contribution >= 4 is 45.2 Å². The second-order valence-corrected chi connectivity index (χ2v) is 7.40. The first-order valence-corrected chi connectivity index (χ1v) is 8.55. The minimum atomic E-state index is -0.133. The molecule has 2 rings (SSSR count). The lowest BCUT2D eigenvalue weighted by molar-refractivity contribution is 0.0937. The van der Waals surface area contributed by atoms with E-state index in [9.17, 15) is 4.79 Å². The van der Waals surface area contributed by atoms with E-state index in [0.717, 1.165) is 23.1 Å². The fourth-order valence-corrected chi connectivity index (χ4v) is 3.97. The molecular formula is C13H16BrClN2OS. The van der Waals surface area contributed by atoms with Crippen molar-refractivity contribution in [3.63, 3.8) is 0 Å². The van der Waals surface area contributed by atoms with Crippen molar-refractivity contribution in [2.24, 2.45) is 0 Å². The van der Waals surface area contributed by atoms with E-state index in [1.165, 1.54) is 6.42 Å². The number of hydrogen-bond acceptors (Lipinski definition) is 3. The maximum Gasteiger partial charge on any atom is 0.254 e. The zero-order chi connectivity index (χ0) is 13.8. The van der Waals surface area contributed by atoms with Gasteiger partial charge in [-0.15, -0.1) is 0 Å². The van der Waals surface area contributed by atoms with Crippen LogP contribution in [0.3, 0.4) is 0 Å². The highest BCUT2D eigenvalue weighted by atomic mass is 79.9. The Kier molecular flexibility index (Phi) is 5.54. The van der Waals surface area contributed by atoms with Crippen LogP contribution in [-0.4, -0.2) is 27.9 Å². The zero-order valence-corrected chi connectivity index (χ0v) is 13.8. The van der Waals surface area contributed by atoms with Gasteiger partial charge >= 0.3 is 0 Å². The van der Waals surface area contributed by atoms with Crippen LogP contribution in [0.5, 0.6) is 0 Å². The minimum Gasteiger partial charge on any atom is -0.349 e. The molecule has 1 aromatic rings. The summed E-state index contributed by atoms with van der Waals surface area (Å²) in [5.74, 6) is 0.998. The summed E-state index contributed by atoms with van der Waals surface area (Å²) in [7, 11) is 0. The van der Waals surface area contributed by atoms with Gasteiger partial charge in [-0.1, -0.05) is 18.5 Å². The number of carbonyl (C=O) groups is 1. The summed E-state index contributed by atoms with van der Waals surface area (Å²) in [4.78, 5) is 16.1. The van der Waals surface area contributed by atoms with Crippen molar-refractivity contribution in [3.05, 3.63) is 27.5 Å². The molecule has 0 spiro atoms. The van der Waals surface area contributed by atoms with Gasteiger partial charge in [0.25, 0.3) is 5.91 Å². The predicted molar refractivity (Wildman–Crippen MR) is 84.0 cm³/mol. The number of rotatable bonds is 4. The Hall–Kier alpha value is -0.260. The number of nitrogens with one attached hydrogen (secondary N) is 1. The van der Waals surface area contributed by atoms with Gasteiger partial charge in [0, 0.05) is 22.0 Å². The number of pyridine rings is 1. The lowest BCUT2D eigenvalue weighted by atomic mass is 10.2. The van der Waals surface area contributed by atoms with Crippen molar-refractivity contribution in [3.8, 4) is 0 Å². The van der Waals surface area contributed by atoms with Crippen LogP contribution in [0.15, 0.2) is 16.7 Å². The van der Waals surface area contributed by atoms with E-state index in [1.807, 2.05) is 11.8 Å². The average Bonchev–Trinajstić information content (AvgIpc) is 2.80. The molecule has 3 nitrogen and oxygen atoms in total. The Morgan fingerprint density at radius 1 is 1.63 bits per heavy atom. The Labute approximate surface area is 131 Å². The van der Waals surface area contributed by atoms with Gasteiger partial charge < -0.3 is 5.32 Å². The quantitative estimate of drug-likeness (QED) is 0.825. The highest BCUT2D eigenvalue weighted by molar-refractivity contribution is 9.10. The highest BCUT2D eigenvalue weighted by Gasteiger charge is 2.26. The van der Waals surface area contributed by atoms with Crippen LogP contribution >= 0.6 is 39.3 Å². The maximum atomic E-state index is 12.2. The molecule has 6 heteroatoms. The van der Waals surface area contributed by atoms with Crippen LogP contribution < -0.4 is 5.32 Å². The number of nitrogens with zero attached hydrogens (tertiary/aromatic N) is 1. The van der Waals surface area contributed by atoms with Crippen molar-refractivity contribution in [1.29, 1.82) is 0 Å². The second-order valence-electron chi connectivity index (χ2n) is 4.55. The summed E-state index contributed by atoms with van der Waals surface area (Å²) in [6, 6.07) is 1.96. The van der Waals surface area contributed by atoms with Crippen LogP contribution in [0.1, 0.15) is 36.5 Å². The van der Waals surface area contributed by atoms with E-state index in [-0.39, 0.29) is 17.1 Å². The molecule has 104 valence electrons. The average molecular weight is 364 g/mol. The van der Waals surface area contributed by atoms with Crippen LogP contribution in [-0.2, 0) is 0 Å². The Bertz CT molecular complexity index is 472. The molecule has 1 fully saturated rings. The molecule has 1 N–H and O–H groups in total. The van der Waals surface area contributed by atoms with E-state index in [2.05, 4.69) is 33.2 Å². The van der Waals surface area contributed by atoms with Gasteiger partial charge in [-0.25, -0.2) is 4.98 Å². The maximum absolute atomic E-state index is 12.2. The molecule has 0 radical (unpaired) electrons. The Morgan fingerprint density at radius 3 is 3.16 bits per heavy atom. The predicted octanol–water partition coefficient (Wildman–Crippen LogP) is 3.90. The molecule has 0 aromatic carbocycles. The summed E-state index contributed by atoms with van der Waals surface area (Å²) >= 11 is 11.2. The molecule has 0 bridgehead atoms. The molecule has 1 aliphatic carbocycles. The Morgan fingerprint density at radius 2 is 2.42 bits per heavy atom. The van der Waals surface area contributed by atoms with E-state index in [0.29, 0.717) is 10.8 Å². The fourth-order valence-electron chi connectivity index (χ4n) is 2.30. The van der Waals surface area contributed by atoms with Crippen LogP contribution in [0, 0.1) is 0 Å². The smallest absolute Gasteiger partial charge is 0.254 e. The lowest BCUT2D eigenvalue weighted by Gasteiger charge is -2.13. The van der Waals surface area contributed by atoms with Crippen LogP contribution in [0.4, 0.5) is 0 Å². The fraction of sp³-hybridized carbons (Fsp3) is 0.538. The van der Waals surface area contributed by atoms with Gasteiger partial charge in [-0.2, -0.15) is 11.8 Å². The van der Waals surface area contributed by atoms with E-state index < -0.39 is 0 Å². The third-order valence-electron chi connectivity index (χ3n) is 3.17. The molecule has 2 atom stereocenters. The summed E-state index contributed by atoms with van der Waals surface area (Å²) in [5.41, 5.74) is 0.433. The van der Waals surface area contributed by atoms with Gasteiger partial charge in [0.15, 0.2) is 0 Å². The highest BCUT2D eigenvalue weighted by Crippen LogP contribution is 2.30. The number of amides is 1. The molecule has 1 aliphatic rings. The monoisotopic (exact) mass is 362 g/mol. The first kappa shape index (κ1) is 15.1. The van der Waals surface area contributed by atoms with Crippen LogP contribution in [0.25, 0.3) is 0 Å². The summed E-state index contributed by atoms with van der Waals surface area (Å²) < 4.78 is 0.757. The molecule has 19 heavy (non-hydrogen) atoms. The molecule has 1 amide bonds. The number of hydrogen-bond donors (Lipinski definition) is 1. The van der Waals surface area contributed by atoms with Gasteiger partial charge in [0.05, 0.1) is 5.56 Å². The normalized spacial score (nSPS) is 22.5. The standard InChI is InChI=1S/C13H16BrClN2OS/c1-2-19-10-4-3-9(6-10)17-13(18)11-5-8(14)7-16-12(11)15/h5,7,9-10H,2-4,6H2,1H3,(H,17,18). The van der Waals surface area contributed by atoms with Crippen LogP contribution in [0.2, 0.25) is 5.15 Å². The lowest BCUT2D eigenvalue weighted by Crippen LogP contribution is -2.33.